The molecule has 1 aromatic heterocycles. The van der Waals surface area contributed by atoms with Gasteiger partial charge in [0.2, 0.25) is 5.91 Å². The number of nitrogens with one attached hydrogen (secondary N) is 1. The number of rotatable bonds is 7. The van der Waals surface area contributed by atoms with Crippen LogP contribution >= 0.6 is 23.1 Å². The highest BCUT2D eigenvalue weighted by Crippen LogP contribution is 2.27. The van der Waals surface area contributed by atoms with Crippen LogP contribution in [0.3, 0.4) is 0 Å². The Labute approximate surface area is 172 Å². The predicted molar refractivity (Wildman–Crippen MR) is 115 cm³/mol. The molecule has 0 aliphatic carbocycles. The van der Waals surface area contributed by atoms with Crippen molar-refractivity contribution < 1.29 is 9.59 Å². The number of carbonyl (C=O) groups is 2. The van der Waals surface area contributed by atoms with Crippen molar-refractivity contribution in [2.24, 2.45) is 0 Å². The molecule has 1 N–H and O–H groups in total. The van der Waals surface area contributed by atoms with Gasteiger partial charge in [0, 0.05) is 35.8 Å². The minimum absolute atomic E-state index is 0.0443. The van der Waals surface area contributed by atoms with Gasteiger partial charge in [0.1, 0.15) is 0 Å². The maximum absolute atomic E-state index is 12.7. The molecule has 0 aliphatic rings. The number of hydrogen-bond acceptors (Lipinski definition) is 5. The highest BCUT2D eigenvalue weighted by Gasteiger charge is 2.12. The number of anilines is 1. The van der Waals surface area contributed by atoms with E-state index >= 15 is 0 Å². The summed E-state index contributed by atoms with van der Waals surface area (Å²) in [5, 5.41) is 4.95. The smallest absolute Gasteiger partial charge is 0.256 e. The Morgan fingerprint density at radius 3 is 2.54 bits per heavy atom. The number of likely N-dealkylation sites (N-methyl/N-ethyl adjacent to an activating group) is 1. The van der Waals surface area contributed by atoms with E-state index in [1.54, 1.807) is 42.1 Å². The molecule has 0 atom stereocenters. The first-order valence-corrected chi connectivity index (χ1v) is 10.6. The van der Waals surface area contributed by atoms with Crippen molar-refractivity contribution in [1.82, 2.24) is 9.88 Å². The first-order valence-electron chi connectivity index (χ1n) is 8.72. The van der Waals surface area contributed by atoms with Crippen molar-refractivity contribution in [3.05, 3.63) is 76.2 Å². The van der Waals surface area contributed by atoms with E-state index in [9.17, 15) is 9.59 Å². The number of benzene rings is 2. The average Bonchev–Trinajstić information content (AvgIpc) is 3.21. The third kappa shape index (κ3) is 5.43. The zero-order valence-corrected chi connectivity index (χ0v) is 17.3. The quantitative estimate of drug-likeness (QED) is 0.588. The zero-order valence-electron chi connectivity index (χ0n) is 15.7. The highest BCUT2D eigenvalue weighted by molar-refractivity contribution is 7.98. The summed E-state index contributed by atoms with van der Waals surface area (Å²) < 4.78 is 0. The molecule has 0 saturated heterocycles. The maximum Gasteiger partial charge on any atom is 0.256 e. The molecule has 5 nitrogen and oxygen atoms in total. The molecule has 1 heterocycles. The molecule has 0 saturated carbocycles. The normalized spacial score (nSPS) is 10.5. The number of hydrogen-bond donors (Lipinski definition) is 1. The monoisotopic (exact) mass is 411 g/mol. The van der Waals surface area contributed by atoms with Gasteiger partial charge < -0.3 is 10.2 Å². The van der Waals surface area contributed by atoms with E-state index in [0.717, 1.165) is 21.9 Å². The molecular formula is C21H21N3O2S2. The number of nitrogens with zero attached hydrogens (tertiary/aromatic N) is 2. The van der Waals surface area contributed by atoms with Gasteiger partial charge in [-0.15, -0.1) is 23.1 Å². The van der Waals surface area contributed by atoms with Crippen LogP contribution in [0.5, 0.6) is 0 Å². The first kappa shape index (κ1) is 20.1. The van der Waals surface area contributed by atoms with Crippen molar-refractivity contribution in [2.45, 2.75) is 17.1 Å². The second kappa shape index (κ2) is 9.52. The van der Waals surface area contributed by atoms with Gasteiger partial charge >= 0.3 is 0 Å². The van der Waals surface area contributed by atoms with Crippen molar-refractivity contribution in [3.8, 4) is 0 Å². The molecular weight excluding hydrogens is 390 g/mol. The molecule has 0 spiro atoms. The third-order valence-electron chi connectivity index (χ3n) is 4.06. The zero-order chi connectivity index (χ0) is 19.9. The van der Waals surface area contributed by atoms with Crippen LogP contribution in [0.25, 0.3) is 0 Å². The lowest BCUT2D eigenvalue weighted by Gasteiger charge is -2.11. The van der Waals surface area contributed by atoms with Crippen LogP contribution < -0.4 is 5.32 Å². The molecule has 0 radical (unpaired) electrons. The van der Waals surface area contributed by atoms with E-state index < -0.39 is 0 Å². The number of aromatic nitrogens is 1. The number of thiazole rings is 1. The van der Waals surface area contributed by atoms with E-state index in [1.807, 2.05) is 59.4 Å². The lowest BCUT2D eigenvalue weighted by molar-refractivity contribution is -0.127. The fraction of sp³-hybridized carbons (Fsp3) is 0.190. The minimum Gasteiger partial charge on any atom is -0.349 e. The Hall–Kier alpha value is -2.64. The Balaban J connectivity index is 1.65. The summed E-state index contributed by atoms with van der Waals surface area (Å²) in [5.74, 6) is 0.615. The summed E-state index contributed by atoms with van der Waals surface area (Å²) in [4.78, 5) is 31.3. The van der Waals surface area contributed by atoms with Gasteiger partial charge in [-0.3, -0.25) is 9.59 Å². The highest BCUT2D eigenvalue weighted by atomic mass is 32.2. The third-order valence-corrected chi connectivity index (χ3v) is 5.80. The molecule has 28 heavy (non-hydrogen) atoms. The van der Waals surface area contributed by atoms with Gasteiger partial charge in [0.25, 0.3) is 5.91 Å². The first-order chi connectivity index (χ1) is 13.5. The van der Waals surface area contributed by atoms with Crippen LogP contribution in [0, 0.1) is 0 Å². The maximum atomic E-state index is 12.7. The van der Waals surface area contributed by atoms with Gasteiger partial charge in [0.05, 0.1) is 23.2 Å². The van der Waals surface area contributed by atoms with Crippen molar-refractivity contribution in [1.29, 1.82) is 0 Å². The van der Waals surface area contributed by atoms with Crippen molar-refractivity contribution in [3.63, 3.8) is 0 Å². The molecule has 3 rings (SSSR count). The summed E-state index contributed by atoms with van der Waals surface area (Å²) in [5.41, 5.74) is 5.06. The SMILES string of the molecule is CN(C)C(=O)Cc1ccc(NC(=O)c2ccccc2SCc2cscn2)cc1. The summed E-state index contributed by atoms with van der Waals surface area (Å²) in [7, 11) is 3.47. The minimum atomic E-state index is -0.154. The Morgan fingerprint density at radius 2 is 1.86 bits per heavy atom. The van der Waals surface area contributed by atoms with Crippen LogP contribution in [0.2, 0.25) is 0 Å². The molecule has 0 fully saturated rings. The van der Waals surface area contributed by atoms with Crippen LogP contribution in [0.4, 0.5) is 5.69 Å². The second-order valence-corrected chi connectivity index (χ2v) is 8.12. The van der Waals surface area contributed by atoms with E-state index in [4.69, 9.17) is 0 Å². The van der Waals surface area contributed by atoms with Gasteiger partial charge in [-0.05, 0) is 29.8 Å². The van der Waals surface area contributed by atoms with Crippen molar-refractivity contribution >= 4 is 40.6 Å². The lowest BCUT2D eigenvalue weighted by atomic mass is 10.1. The standard InChI is InChI=1S/C21H21N3O2S2/c1-24(2)20(25)11-15-7-9-16(10-8-15)23-21(26)18-5-3-4-6-19(18)28-13-17-12-27-14-22-17/h3-10,12,14H,11,13H2,1-2H3,(H,23,26). The molecule has 0 bridgehead atoms. The second-order valence-electron chi connectivity index (χ2n) is 6.38. The topological polar surface area (TPSA) is 62.3 Å². The number of carbonyl (C=O) groups excluding carboxylic acids is 2. The lowest BCUT2D eigenvalue weighted by Crippen LogP contribution is -2.23. The Kier molecular flexibility index (Phi) is 6.84. The molecule has 2 aromatic carbocycles. The fourth-order valence-corrected chi connectivity index (χ4v) is 4.09. The molecule has 0 aliphatic heterocycles. The van der Waals surface area contributed by atoms with Gasteiger partial charge in [-0.1, -0.05) is 24.3 Å². The van der Waals surface area contributed by atoms with Crippen LogP contribution in [-0.4, -0.2) is 35.8 Å². The van der Waals surface area contributed by atoms with E-state index in [0.29, 0.717) is 17.7 Å². The predicted octanol–water partition coefficient (Wildman–Crippen LogP) is 4.32. The molecule has 144 valence electrons. The molecule has 7 heteroatoms. The largest absolute Gasteiger partial charge is 0.349 e. The average molecular weight is 412 g/mol. The van der Waals surface area contributed by atoms with Crippen molar-refractivity contribution in [2.75, 3.05) is 19.4 Å². The summed E-state index contributed by atoms with van der Waals surface area (Å²) in [6.45, 7) is 0. The van der Waals surface area contributed by atoms with Crippen LogP contribution in [-0.2, 0) is 17.0 Å². The Bertz CT molecular complexity index is 939. The van der Waals surface area contributed by atoms with Gasteiger partial charge in [0.15, 0.2) is 0 Å². The number of thioether (sulfide) groups is 1. The Morgan fingerprint density at radius 1 is 1.11 bits per heavy atom. The molecule has 3 aromatic rings. The summed E-state index contributed by atoms with van der Waals surface area (Å²) in [6, 6.07) is 14.9. The summed E-state index contributed by atoms with van der Waals surface area (Å²) >= 11 is 3.16. The molecule has 2 amide bonds. The van der Waals surface area contributed by atoms with Crippen LogP contribution in [0.15, 0.2) is 64.3 Å². The van der Waals surface area contributed by atoms with E-state index in [-0.39, 0.29) is 11.8 Å². The fourth-order valence-electron chi connectivity index (χ4n) is 2.48. The number of amides is 2. The summed E-state index contributed by atoms with van der Waals surface area (Å²) in [6.07, 6.45) is 0.345. The van der Waals surface area contributed by atoms with Gasteiger partial charge in [-0.2, -0.15) is 0 Å². The van der Waals surface area contributed by atoms with E-state index in [2.05, 4.69) is 10.3 Å². The van der Waals surface area contributed by atoms with Crippen LogP contribution in [0.1, 0.15) is 21.6 Å². The van der Waals surface area contributed by atoms with Gasteiger partial charge in [-0.25, -0.2) is 4.98 Å². The van der Waals surface area contributed by atoms with E-state index in [1.165, 1.54) is 0 Å². The molecule has 0 unspecified atom stereocenters.